The van der Waals surface area contributed by atoms with Gasteiger partial charge in [0.2, 0.25) is 5.89 Å². The number of aromatic nitrogens is 1. The summed E-state index contributed by atoms with van der Waals surface area (Å²) in [4.78, 5) is 16.1. The largest absolute Gasteiger partial charge is 0.481 e. The zero-order valence-electron chi connectivity index (χ0n) is 11.2. The Labute approximate surface area is 121 Å². The predicted molar refractivity (Wildman–Crippen MR) is 78.0 cm³/mol. The van der Waals surface area contributed by atoms with E-state index < -0.39 is 11.4 Å². The molecule has 104 valence electrons. The van der Waals surface area contributed by atoms with Crippen molar-refractivity contribution in [3.8, 4) is 11.5 Å². The molecule has 1 fully saturated rings. The quantitative estimate of drug-likeness (QED) is 0.795. The van der Waals surface area contributed by atoms with Gasteiger partial charge in [-0.3, -0.25) is 4.79 Å². The van der Waals surface area contributed by atoms with Crippen LogP contribution < -0.4 is 0 Å². The summed E-state index contributed by atoms with van der Waals surface area (Å²) in [6.45, 7) is 0. The fraction of sp³-hybridized carbons (Fsp3) is 0.176. The summed E-state index contributed by atoms with van der Waals surface area (Å²) in [5, 5.41) is 9.52. The number of oxazole rings is 1. The predicted octanol–water partition coefficient (Wildman–Crippen LogP) is 3.61. The van der Waals surface area contributed by atoms with Crippen LogP contribution in [0.1, 0.15) is 18.4 Å². The van der Waals surface area contributed by atoms with E-state index in [1.54, 1.807) is 0 Å². The molecule has 0 radical (unpaired) electrons. The number of nitrogens with zero attached hydrogens (tertiary/aromatic N) is 1. The molecule has 0 saturated heterocycles. The number of benzene rings is 2. The van der Waals surface area contributed by atoms with Crippen molar-refractivity contribution in [2.45, 2.75) is 18.3 Å². The summed E-state index contributed by atoms with van der Waals surface area (Å²) in [5.74, 6) is -0.287. The maximum absolute atomic E-state index is 11.6. The zero-order valence-corrected chi connectivity index (χ0v) is 11.2. The summed E-state index contributed by atoms with van der Waals surface area (Å²) >= 11 is 0. The second-order valence-corrected chi connectivity index (χ2v) is 5.42. The van der Waals surface area contributed by atoms with Crippen LogP contribution >= 0.6 is 0 Å². The first-order valence-electron chi connectivity index (χ1n) is 6.90. The second-order valence-electron chi connectivity index (χ2n) is 5.42. The monoisotopic (exact) mass is 279 g/mol. The van der Waals surface area contributed by atoms with Crippen molar-refractivity contribution in [1.82, 2.24) is 4.98 Å². The molecule has 0 unspecified atom stereocenters. The molecule has 0 amide bonds. The average Bonchev–Trinajstić information content (AvgIpc) is 3.21. The molecule has 3 aromatic rings. The third kappa shape index (κ3) is 1.76. The molecule has 0 spiro atoms. The molecule has 1 saturated carbocycles. The van der Waals surface area contributed by atoms with Crippen LogP contribution in [-0.4, -0.2) is 16.1 Å². The maximum Gasteiger partial charge on any atom is 0.314 e. The number of carboxylic acids is 1. The van der Waals surface area contributed by atoms with Crippen LogP contribution in [0.15, 0.2) is 52.9 Å². The molecule has 1 aliphatic carbocycles. The number of hydrogen-bond donors (Lipinski definition) is 1. The number of aliphatic carboxylic acids is 1. The highest BCUT2D eigenvalue weighted by Crippen LogP contribution is 2.51. The van der Waals surface area contributed by atoms with Crippen LogP contribution in [0.25, 0.3) is 22.6 Å². The van der Waals surface area contributed by atoms with Crippen molar-refractivity contribution in [1.29, 1.82) is 0 Å². The number of para-hydroxylation sites is 2. The highest BCUT2D eigenvalue weighted by molar-refractivity contribution is 5.88. The molecule has 0 atom stereocenters. The van der Waals surface area contributed by atoms with E-state index in [4.69, 9.17) is 4.42 Å². The van der Waals surface area contributed by atoms with E-state index >= 15 is 0 Å². The Hall–Kier alpha value is -2.62. The average molecular weight is 279 g/mol. The lowest BCUT2D eigenvalue weighted by Gasteiger charge is -2.13. The number of rotatable bonds is 3. The molecular weight excluding hydrogens is 266 g/mol. The van der Waals surface area contributed by atoms with Gasteiger partial charge in [0.15, 0.2) is 5.58 Å². The van der Waals surface area contributed by atoms with Crippen molar-refractivity contribution in [2.24, 2.45) is 0 Å². The van der Waals surface area contributed by atoms with Crippen molar-refractivity contribution in [2.75, 3.05) is 0 Å². The van der Waals surface area contributed by atoms with E-state index in [1.165, 1.54) is 0 Å². The van der Waals surface area contributed by atoms with Gasteiger partial charge in [0, 0.05) is 5.56 Å². The molecule has 1 aromatic heterocycles. The molecule has 1 aliphatic rings. The van der Waals surface area contributed by atoms with Crippen molar-refractivity contribution in [3.63, 3.8) is 0 Å². The van der Waals surface area contributed by atoms with Gasteiger partial charge in [-0.2, -0.15) is 0 Å². The van der Waals surface area contributed by atoms with Crippen LogP contribution in [-0.2, 0) is 10.2 Å². The van der Waals surface area contributed by atoms with E-state index in [9.17, 15) is 9.90 Å². The first-order valence-corrected chi connectivity index (χ1v) is 6.90. The van der Waals surface area contributed by atoms with Crippen LogP contribution in [0.4, 0.5) is 0 Å². The molecule has 0 aliphatic heterocycles. The molecule has 4 rings (SSSR count). The Morgan fingerprint density at radius 3 is 2.52 bits per heavy atom. The van der Waals surface area contributed by atoms with Crippen molar-refractivity contribution >= 4 is 17.1 Å². The van der Waals surface area contributed by atoms with E-state index in [0.29, 0.717) is 24.3 Å². The summed E-state index contributed by atoms with van der Waals surface area (Å²) < 4.78 is 5.79. The Morgan fingerprint density at radius 1 is 1.10 bits per heavy atom. The molecule has 4 nitrogen and oxygen atoms in total. The SMILES string of the molecule is O=C(O)C1(c2ccccc2-c2nc3ccccc3o2)CC1. The van der Waals surface area contributed by atoms with E-state index in [-0.39, 0.29) is 0 Å². The Balaban J connectivity index is 1.91. The lowest BCUT2D eigenvalue weighted by Crippen LogP contribution is -2.20. The van der Waals surface area contributed by atoms with Crippen LogP contribution in [0.5, 0.6) is 0 Å². The van der Waals surface area contributed by atoms with Crippen molar-refractivity contribution < 1.29 is 14.3 Å². The topological polar surface area (TPSA) is 63.3 Å². The van der Waals surface area contributed by atoms with Crippen molar-refractivity contribution in [3.05, 3.63) is 54.1 Å². The number of carbonyl (C=O) groups is 1. The molecule has 0 bridgehead atoms. The highest BCUT2D eigenvalue weighted by Gasteiger charge is 2.53. The molecular formula is C17H13NO3. The smallest absolute Gasteiger partial charge is 0.314 e. The standard InChI is InChI=1S/C17H13NO3/c19-16(20)17(9-10-17)12-6-2-1-5-11(12)15-18-13-7-3-4-8-14(13)21-15/h1-8H,9-10H2,(H,19,20). The maximum atomic E-state index is 11.6. The third-order valence-electron chi connectivity index (χ3n) is 4.13. The fourth-order valence-corrected chi connectivity index (χ4v) is 2.80. The zero-order chi connectivity index (χ0) is 14.4. The third-order valence-corrected chi connectivity index (χ3v) is 4.13. The number of fused-ring (bicyclic) bond motifs is 1. The van der Waals surface area contributed by atoms with E-state index in [0.717, 1.165) is 16.6 Å². The summed E-state index contributed by atoms with van der Waals surface area (Å²) in [5.41, 5.74) is 2.29. The van der Waals surface area contributed by atoms with Gasteiger partial charge in [0.1, 0.15) is 5.52 Å². The normalized spacial score (nSPS) is 16.0. The lowest BCUT2D eigenvalue weighted by atomic mass is 9.91. The lowest BCUT2D eigenvalue weighted by molar-refractivity contribution is -0.140. The van der Waals surface area contributed by atoms with Gasteiger partial charge in [0.25, 0.3) is 0 Å². The van der Waals surface area contributed by atoms with Crippen LogP contribution in [0.2, 0.25) is 0 Å². The van der Waals surface area contributed by atoms with E-state index in [2.05, 4.69) is 4.98 Å². The Morgan fingerprint density at radius 2 is 1.81 bits per heavy atom. The van der Waals surface area contributed by atoms with Gasteiger partial charge in [-0.15, -0.1) is 0 Å². The van der Waals surface area contributed by atoms with Gasteiger partial charge >= 0.3 is 5.97 Å². The fourth-order valence-electron chi connectivity index (χ4n) is 2.80. The first-order chi connectivity index (χ1) is 10.2. The molecule has 4 heteroatoms. The minimum atomic E-state index is -0.772. The summed E-state index contributed by atoms with van der Waals surface area (Å²) in [6, 6.07) is 15.0. The Bertz CT molecular complexity index is 813. The molecule has 1 N–H and O–H groups in total. The van der Waals surface area contributed by atoms with E-state index in [1.807, 2.05) is 48.5 Å². The second kappa shape index (κ2) is 4.19. The first kappa shape index (κ1) is 12.1. The number of hydrogen-bond acceptors (Lipinski definition) is 3. The van der Waals surface area contributed by atoms with Gasteiger partial charge in [-0.1, -0.05) is 30.3 Å². The van der Waals surface area contributed by atoms with Crippen LogP contribution in [0.3, 0.4) is 0 Å². The van der Waals surface area contributed by atoms with Gasteiger partial charge < -0.3 is 9.52 Å². The minimum Gasteiger partial charge on any atom is -0.481 e. The van der Waals surface area contributed by atoms with Gasteiger partial charge in [0.05, 0.1) is 5.41 Å². The summed E-state index contributed by atoms with van der Waals surface area (Å²) in [7, 11) is 0. The molecule has 21 heavy (non-hydrogen) atoms. The number of carboxylic acid groups (broad SMARTS) is 1. The summed E-state index contributed by atoms with van der Waals surface area (Å²) in [6.07, 6.45) is 1.33. The molecule has 2 aromatic carbocycles. The Kier molecular flexibility index (Phi) is 2.42. The highest BCUT2D eigenvalue weighted by atomic mass is 16.4. The minimum absolute atomic E-state index is 0.485. The van der Waals surface area contributed by atoms with Gasteiger partial charge in [-0.05, 0) is 36.6 Å². The van der Waals surface area contributed by atoms with Gasteiger partial charge in [-0.25, -0.2) is 4.98 Å². The molecule has 1 heterocycles. The van der Waals surface area contributed by atoms with Crippen LogP contribution in [0, 0.1) is 0 Å².